The zero-order chi connectivity index (χ0) is 16.9. The van der Waals surface area contributed by atoms with Crippen molar-refractivity contribution in [2.75, 3.05) is 7.11 Å². The van der Waals surface area contributed by atoms with Gasteiger partial charge in [0.1, 0.15) is 17.4 Å². The Kier molecular flexibility index (Phi) is 5.73. The maximum Gasteiger partial charge on any atom is 0.408 e. The number of nitrogens with one attached hydrogen (secondary N) is 1. The van der Waals surface area contributed by atoms with Crippen molar-refractivity contribution in [1.29, 1.82) is 0 Å². The van der Waals surface area contributed by atoms with Crippen LogP contribution < -0.4 is 10.1 Å². The molecule has 0 aliphatic heterocycles. The first-order valence-electron chi connectivity index (χ1n) is 6.91. The summed E-state index contributed by atoms with van der Waals surface area (Å²) in [4.78, 5) is 22.6. The predicted molar refractivity (Wildman–Crippen MR) is 81.6 cm³/mol. The number of carbonyl (C=O) groups excluding carboxylic acids is 1. The van der Waals surface area contributed by atoms with Crippen LogP contribution in [-0.4, -0.2) is 29.8 Å². The molecule has 1 aromatic carbocycles. The second-order valence-electron chi connectivity index (χ2n) is 5.93. The molecule has 0 aromatic heterocycles. The van der Waals surface area contributed by atoms with Crippen molar-refractivity contribution in [3.05, 3.63) is 39.9 Å². The molecule has 1 rings (SSSR count). The molecule has 7 nitrogen and oxygen atoms in total. The van der Waals surface area contributed by atoms with E-state index >= 15 is 0 Å². The minimum atomic E-state index is -1.01. The molecule has 1 amide bonds. The normalized spacial score (nSPS) is 13.9. The number of hydrogen-bond acceptors (Lipinski definition) is 5. The van der Waals surface area contributed by atoms with Crippen LogP contribution in [0.15, 0.2) is 24.3 Å². The smallest absolute Gasteiger partial charge is 0.408 e. The van der Waals surface area contributed by atoms with Gasteiger partial charge in [-0.05, 0) is 38.5 Å². The number of benzene rings is 1. The van der Waals surface area contributed by atoms with E-state index in [1.165, 1.54) is 14.0 Å². The predicted octanol–water partition coefficient (Wildman–Crippen LogP) is 2.93. The molecule has 22 heavy (non-hydrogen) atoms. The molecule has 0 saturated heterocycles. The topological polar surface area (TPSA) is 90.7 Å². The molecular weight excluding hydrogens is 288 g/mol. The Morgan fingerprint density at radius 1 is 1.36 bits per heavy atom. The highest BCUT2D eigenvalue weighted by Gasteiger charge is 2.31. The van der Waals surface area contributed by atoms with Crippen LogP contribution in [0.3, 0.4) is 0 Å². The molecule has 0 radical (unpaired) electrons. The minimum absolute atomic E-state index is 0.443. The molecule has 0 bridgehead atoms. The Bertz CT molecular complexity index is 539. The van der Waals surface area contributed by atoms with Crippen LogP contribution in [0.25, 0.3) is 0 Å². The highest BCUT2D eigenvalue weighted by Crippen LogP contribution is 2.23. The number of nitrogens with zero attached hydrogens (tertiary/aromatic N) is 1. The van der Waals surface area contributed by atoms with Crippen molar-refractivity contribution >= 4 is 6.09 Å². The average molecular weight is 310 g/mol. The molecule has 1 N–H and O–H groups in total. The molecular formula is C15H22N2O5. The molecule has 0 unspecified atom stereocenters. The summed E-state index contributed by atoms with van der Waals surface area (Å²) in [5.74, 6) is 0.559. The van der Waals surface area contributed by atoms with Crippen LogP contribution in [0, 0.1) is 10.1 Å². The maximum absolute atomic E-state index is 11.9. The van der Waals surface area contributed by atoms with Gasteiger partial charge in [-0.1, -0.05) is 12.1 Å². The molecule has 122 valence electrons. The third-order valence-electron chi connectivity index (χ3n) is 2.94. The lowest BCUT2D eigenvalue weighted by Crippen LogP contribution is -2.41. The van der Waals surface area contributed by atoms with Crippen LogP contribution in [0.4, 0.5) is 4.79 Å². The van der Waals surface area contributed by atoms with Crippen LogP contribution in [0.2, 0.25) is 0 Å². The van der Waals surface area contributed by atoms with Crippen molar-refractivity contribution in [2.45, 2.75) is 45.4 Å². The van der Waals surface area contributed by atoms with Gasteiger partial charge in [-0.15, -0.1) is 0 Å². The van der Waals surface area contributed by atoms with E-state index < -0.39 is 28.7 Å². The summed E-state index contributed by atoms with van der Waals surface area (Å²) in [6, 6.07) is 4.96. The number of ether oxygens (including phenoxy) is 2. The number of nitro groups is 1. The van der Waals surface area contributed by atoms with Gasteiger partial charge in [-0.3, -0.25) is 10.1 Å². The Morgan fingerprint density at radius 2 is 2.00 bits per heavy atom. The molecule has 1 aromatic rings. The molecule has 0 heterocycles. The van der Waals surface area contributed by atoms with Crippen LogP contribution in [0.1, 0.15) is 39.3 Å². The van der Waals surface area contributed by atoms with Gasteiger partial charge in [0.05, 0.1) is 7.11 Å². The second-order valence-corrected chi connectivity index (χ2v) is 5.93. The SMILES string of the molecule is COc1cccc([C@H](NC(=O)OC(C)(C)C)[C@@H](C)[N+](=O)[O-])c1. The number of carbonyl (C=O) groups is 1. The Labute approximate surface area is 129 Å². The summed E-state index contributed by atoms with van der Waals surface area (Å²) in [5, 5.41) is 13.7. The number of rotatable bonds is 5. The van der Waals surface area contributed by atoms with E-state index in [1.54, 1.807) is 45.0 Å². The van der Waals surface area contributed by atoms with E-state index in [2.05, 4.69) is 5.32 Å². The van der Waals surface area contributed by atoms with Crippen molar-refractivity contribution < 1.29 is 19.2 Å². The molecule has 0 spiro atoms. The van der Waals surface area contributed by atoms with Gasteiger partial charge >= 0.3 is 6.09 Å². The number of alkyl carbamates (subject to hydrolysis) is 1. The molecule has 2 atom stereocenters. The Hall–Kier alpha value is -2.31. The fraction of sp³-hybridized carbons (Fsp3) is 0.533. The first kappa shape index (κ1) is 17.7. The lowest BCUT2D eigenvalue weighted by Gasteiger charge is -2.24. The quantitative estimate of drug-likeness (QED) is 0.667. The number of hydrogen-bond donors (Lipinski definition) is 1. The zero-order valence-corrected chi connectivity index (χ0v) is 13.5. The first-order valence-corrected chi connectivity index (χ1v) is 6.91. The molecule has 0 fully saturated rings. The summed E-state index contributed by atoms with van der Waals surface area (Å²) in [6.07, 6.45) is -0.700. The Balaban J connectivity index is 3.03. The van der Waals surface area contributed by atoms with E-state index in [1.807, 2.05) is 0 Å². The molecule has 0 aliphatic carbocycles. The third kappa shape index (κ3) is 5.23. The van der Waals surface area contributed by atoms with Gasteiger partial charge in [0.25, 0.3) is 0 Å². The minimum Gasteiger partial charge on any atom is -0.497 e. The lowest BCUT2D eigenvalue weighted by molar-refractivity contribution is -0.523. The van der Waals surface area contributed by atoms with Crippen molar-refractivity contribution in [2.24, 2.45) is 0 Å². The summed E-state index contributed by atoms with van der Waals surface area (Å²) in [6.45, 7) is 6.61. The van der Waals surface area contributed by atoms with Gasteiger partial charge < -0.3 is 14.8 Å². The average Bonchev–Trinajstić information content (AvgIpc) is 2.42. The van der Waals surface area contributed by atoms with Crippen molar-refractivity contribution in [3.8, 4) is 5.75 Å². The Morgan fingerprint density at radius 3 is 2.50 bits per heavy atom. The summed E-state index contributed by atoms with van der Waals surface area (Å²) >= 11 is 0. The van der Waals surface area contributed by atoms with E-state index in [-0.39, 0.29) is 0 Å². The van der Waals surface area contributed by atoms with Gasteiger partial charge in [0, 0.05) is 11.8 Å². The highest BCUT2D eigenvalue weighted by atomic mass is 16.6. The zero-order valence-electron chi connectivity index (χ0n) is 13.5. The lowest BCUT2D eigenvalue weighted by atomic mass is 10.0. The van der Waals surface area contributed by atoms with Gasteiger partial charge in [0.2, 0.25) is 6.04 Å². The summed E-state index contributed by atoms with van der Waals surface area (Å²) in [7, 11) is 1.51. The summed E-state index contributed by atoms with van der Waals surface area (Å²) in [5.41, 5.74) is -0.102. The van der Waals surface area contributed by atoms with Gasteiger partial charge in [-0.25, -0.2) is 4.79 Å². The van der Waals surface area contributed by atoms with Crippen LogP contribution in [-0.2, 0) is 4.74 Å². The second kappa shape index (κ2) is 7.11. The standard InChI is InChI=1S/C15H22N2O5/c1-10(17(19)20)13(16-14(18)22-15(2,3)4)11-7-6-8-12(9-11)21-5/h6-10,13H,1-5H3,(H,16,18)/t10-,13-/m1/s1. The van der Waals surface area contributed by atoms with Gasteiger partial charge in [-0.2, -0.15) is 0 Å². The fourth-order valence-electron chi connectivity index (χ4n) is 1.87. The van der Waals surface area contributed by atoms with E-state index in [0.29, 0.717) is 11.3 Å². The molecule has 0 aliphatic rings. The van der Waals surface area contributed by atoms with Crippen LogP contribution in [0.5, 0.6) is 5.75 Å². The largest absolute Gasteiger partial charge is 0.497 e. The van der Waals surface area contributed by atoms with Crippen molar-refractivity contribution in [3.63, 3.8) is 0 Å². The van der Waals surface area contributed by atoms with E-state index in [0.717, 1.165) is 0 Å². The molecule has 7 heteroatoms. The monoisotopic (exact) mass is 310 g/mol. The third-order valence-corrected chi connectivity index (χ3v) is 2.94. The molecule has 0 saturated carbocycles. The number of amides is 1. The maximum atomic E-state index is 11.9. The van der Waals surface area contributed by atoms with Crippen molar-refractivity contribution in [1.82, 2.24) is 5.32 Å². The fourth-order valence-corrected chi connectivity index (χ4v) is 1.87. The van der Waals surface area contributed by atoms with Gasteiger partial charge in [0.15, 0.2) is 0 Å². The van der Waals surface area contributed by atoms with E-state index in [9.17, 15) is 14.9 Å². The van der Waals surface area contributed by atoms with E-state index in [4.69, 9.17) is 9.47 Å². The highest BCUT2D eigenvalue weighted by molar-refractivity contribution is 5.68. The first-order chi connectivity index (χ1) is 10.1. The van der Waals surface area contributed by atoms with Crippen LogP contribution >= 0.6 is 0 Å². The number of methoxy groups -OCH3 is 1. The summed E-state index contributed by atoms with van der Waals surface area (Å²) < 4.78 is 10.3.